The van der Waals surface area contributed by atoms with Crippen LogP contribution in [0.3, 0.4) is 0 Å². The summed E-state index contributed by atoms with van der Waals surface area (Å²) in [4.78, 5) is 0. The molecule has 2 rings (SSSR count). The summed E-state index contributed by atoms with van der Waals surface area (Å²) in [5, 5.41) is 10.1. The van der Waals surface area contributed by atoms with Gasteiger partial charge in [-0.15, -0.1) is 0 Å². The van der Waals surface area contributed by atoms with Crippen LogP contribution >= 0.6 is 0 Å². The third kappa shape index (κ3) is 9.89. The van der Waals surface area contributed by atoms with Gasteiger partial charge in [0.15, 0.2) is 0 Å². The smallest absolute Gasteiger partial charge is 0.321 e. The van der Waals surface area contributed by atoms with E-state index in [1.807, 2.05) is 6.07 Å². The average molecular weight is 457 g/mol. The molecule has 4 heteroatoms. The van der Waals surface area contributed by atoms with E-state index >= 15 is 0 Å². The molecule has 0 aliphatic carbocycles. The zero-order valence-corrected chi connectivity index (χ0v) is 22.1. The van der Waals surface area contributed by atoms with E-state index in [4.69, 9.17) is 8.85 Å². The van der Waals surface area contributed by atoms with Gasteiger partial charge in [0.1, 0.15) is 5.75 Å². The number of unbranched alkanes of at least 4 members (excludes halogenated alkanes) is 4. The van der Waals surface area contributed by atoms with Crippen LogP contribution in [0.1, 0.15) is 84.3 Å². The molecule has 0 radical (unpaired) electrons. The number of rotatable bonds is 15. The Bertz CT molecular complexity index is 761. The van der Waals surface area contributed by atoms with Crippen molar-refractivity contribution < 1.29 is 14.0 Å². The van der Waals surface area contributed by atoms with Gasteiger partial charge in [0.05, 0.1) is 0 Å². The summed E-state index contributed by atoms with van der Waals surface area (Å²) in [5.74, 6) is 0.332. The largest absolute Gasteiger partial charge is 0.508 e. The van der Waals surface area contributed by atoms with E-state index in [0.29, 0.717) is 5.75 Å². The minimum absolute atomic E-state index is 0.201. The fourth-order valence-corrected chi connectivity index (χ4v) is 6.17. The molecule has 0 aliphatic heterocycles. The molecular weight excluding hydrogens is 412 g/mol. The monoisotopic (exact) mass is 456 g/mol. The van der Waals surface area contributed by atoms with Crippen molar-refractivity contribution in [2.75, 3.05) is 0 Å². The molecule has 0 atom stereocenters. The van der Waals surface area contributed by atoms with Crippen molar-refractivity contribution in [2.24, 2.45) is 0 Å². The molecule has 0 amide bonds. The summed E-state index contributed by atoms with van der Waals surface area (Å²) < 4.78 is 12.1. The summed E-state index contributed by atoms with van der Waals surface area (Å²) in [6.45, 7) is 10.6. The van der Waals surface area contributed by atoms with Gasteiger partial charge >= 0.3 is 9.28 Å². The summed E-state index contributed by atoms with van der Waals surface area (Å²) in [5.41, 5.74) is 5.04. The Labute approximate surface area is 198 Å². The molecule has 0 spiro atoms. The molecule has 1 N–H and O–H groups in total. The van der Waals surface area contributed by atoms with Gasteiger partial charge < -0.3 is 14.0 Å². The third-order valence-electron chi connectivity index (χ3n) is 5.66. The molecule has 0 saturated carbocycles. The Balaban J connectivity index is 2.00. The molecule has 2 aromatic carbocycles. The predicted molar refractivity (Wildman–Crippen MR) is 139 cm³/mol. The van der Waals surface area contributed by atoms with Crippen molar-refractivity contribution in [1.82, 2.24) is 0 Å². The van der Waals surface area contributed by atoms with Crippen LogP contribution in [0.15, 0.2) is 42.5 Å². The lowest BCUT2D eigenvalue weighted by molar-refractivity contribution is 0.129. The third-order valence-corrected chi connectivity index (χ3v) is 8.23. The Hall–Kier alpha value is -1.62. The number of aryl methyl sites for hydroxylation is 2. The van der Waals surface area contributed by atoms with Crippen LogP contribution in [0, 0.1) is 0 Å². The maximum absolute atomic E-state index is 10.1. The van der Waals surface area contributed by atoms with E-state index in [2.05, 4.69) is 65.0 Å². The Morgan fingerprint density at radius 1 is 0.781 bits per heavy atom. The SMILES string of the molecule is CCCCCCCc1ccc(-c2ccc(O)cc2CCC[SiH](OC(C)C)OC(C)C)cc1. The molecule has 3 nitrogen and oxygen atoms in total. The maximum Gasteiger partial charge on any atom is 0.321 e. The lowest BCUT2D eigenvalue weighted by Gasteiger charge is -2.21. The lowest BCUT2D eigenvalue weighted by Crippen LogP contribution is -2.29. The van der Waals surface area contributed by atoms with Gasteiger partial charge in [-0.2, -0.15) is 0 Å². The van der Waals surface area contributed by atoms with Gasteiger partial charge in [-0.25, -0.2) is 0 Å². The molecule has 2 aromatic rings. The molecular formula is C28H44O3Si. The summed E-state index contributed by atoms with van der Waals surface area (Å²) >= 11 is 0. The zero-order valence-electron chi connectivity index (χ0n) is 20.9. The molecule has 0 fully saturated rings. The number of hydrogen-bond donors (Lipinski definition) is 1. The van der Waals surface area contributed by atoms with Gasteiger partial charge in [-0.3, -0.25) is 0 Å². The van der Waals surface area contributed by atoms with Gasteiger partial charge in [0.25, 0.3) is 0 Å². The molecule has 0 heterocycles. The van der Waals surface area contributed by atoms with Crippen molar-refractivity contribution in [3.8, 4) is 16.9 Å². The van der Waals surface area contributed by atoms with Crippen LogP contribution < -0.4 is 0 Å². The van der Waals surface area contributed by atoms with Crippen molar-refractivity contribution in [3.05, 3.63) is 53.6 Å². The summed E-state index contributed by atoms with van der Waals surface area (Å²) in [6.07, 6.45) is 10.1. The molecule has 0 saturated heterocycles. The van der Waals surface area contributed by atoms with E-state index in [0.717, 1.165) is 25.3 Å². The molecule has 178 valence electrons. The number of aromatic hydroxyl groups is 1. The molecule has 0 unspecified atom stereocenters. The summed E-state index contributed by atoms with van der Waals surface area (Å²) in [6, 6.07) is 15.7. The number of phenols is 1. The normalized spacial score (nSPS) is 11.8. The quantitative estimate of drug-likeness (QED) is 0.222. The van der Waals surface area contributed by atoms with Crippen LogP contribution in [-0.4, -0.2) is 26.6 Å². The molecule has 0 aliphatic rings. The van der Waals surface area contributed by atoms with E-state index in [1.165, 1.54) is 54.4 Å². The highest BCUT2D eigenvalue weighted by Gasteiger charge is 2.17. The first kappa shape index (κ1) is 26.6. The first-order chi connectivity index (χ1) is 15.4. The second kappa shape index (κ2) is 14.5. The minimum Gasteiger partial charge on any atom is -0.508 e. The topological polar surface area (TPSA) is 38.7 Å². The van der Waals surface area contributed by atoms with Crippen LogP contribution in [0.5, 0.6) is 5.75 Å². The standard InChI is InChI=1S/C28H44O3Si/c1-6-7-8-9-10-12-24-14-16-25(17-15-24)28-19-18-27(29)21-26(28)13-11-20-32(30-22(2)3)31-23(4)5/h14-19,21-23,29,32H,6-13,20H2,1-5H3. The second-order valence-corrected chi connectivity index (χ2v) is 11.4. The predicted octanol–water partition coefficient (Wildman–Crippen LogP) is 7.58. The fourth-order valence-electron chi connectivity index (χ4n) is 4.09. The zero-order chi connectivity index (χ0) is 23.3. The van der Waals surface area contributed by atoms with Crippen LogP contribution in [0.4, 0.5) is 0 Å². The van der Waals surface area contributed by atoms with Crippen molar-refractivity contribution in [3.63, 3.8) is 0 Å². The highest BCUT2D eigenvalue weighted by molar-refractivity contribution is 6.44. The van der Waals surface area contributed by atoms with Gasteiger partial charge in [0.2, 0.25) is 0 Å². The van der Waals surface area contributed by atoms with Crippen molar-refractivity contribution >= 4 is 9.28 Å². The van der Waals surface area contributed by atoms with Gasteiger partial charge in [-0.1, -0.05) is 62.9 Å². The van der Waals surface area contributed by atoms with Crippen molar-refractivity contribution in [2.45, 2.75) is 104 Å². The van der Waals surface area contributed by atoms with Crippen molar-refractivity contribution in [1.29, 1.82) is 0 Å². The Morgan fingerprint density at radius 2 is 1.44 bits per heavy atom. The first-order valence-electron chi connectivity index (χ1n) is 12.6. The van der Waals surface area contributed by atoms with Crippen LogP contribution in [0.2, 0.25) is 6.04 Å². The molecule has 0 bridgehead atoms. The van der Waals surface area contributed by atoms with E-state index < -0.39 is 9.28 Å². The van der Waals surface area contributed by atoms with Crippen LogP contribution in [0.25, 0.3) is 11.1 Å². The highest BCUT2D eigenvalue weighted by Crippen LogP contribution is 2.29. The number of hydrogen-bond acceptors (Lipinski definition) is 3. The van der Waals surface area contributed by atoms with E-state index in [1.54, 1.807) is 6.07 Å². The second-order valence-electron chi connectivity index (χ2n) is 9.39. The number of phenolic OH excluding ortho intramolecular Hbond substituents is 1. The maximum atomic E-state index is 10.1. The summed E-state index contributed by atoms with van der Waals surface area (Å²) in [7, 11) is -1.68. The van der Waals surface area contributed by atoms with Crippen LogP contribution in [-0.2, 0) is 21.7 Å². The minimum atomic E-state index is -1.68. The van der Waals surface area contributed by atoms with E-state index in [9.17, 15) is 5.11 Å². The Kier molecular flexibility index (Phi) is 12.1. The van der Waals surface area contributed by atoms with Gasteiger partial charge in [-0.05, 0) is 93.8 Å². The van der Waals surface area contributed by atoms with E-state index in [-0.39, 0.29) is 12.2 Å². The molecule has 0 aromatic heterocycles. The van der Waals surface area contributed by atoms with Gasteiger partial charge in [0, 0.05) is 12.2 Å². The lowest BCUT2D eigenvalue weighted by atomic mass is 9.95. The molecule has 32 heavy (non-hydrogen) atoms. The number of benzene rings is 2. The fraction of sp³-hybridized carbons (Fsp3) is 0.571. The Morgan fingerprint density at radius 3 is 2.06 bits per heavy atom. The average Bonchev–Trinajstić information content (AvgIpc) is 2.73. The highest BCUT2D eigenvalue weighted by atomic mass is 28.3. The first-order valence-corrected chi connectivity index (χ1v) is 14.4.